The zero-order valence-corrected chi connectivity index (χ0v) is 20.1. The van der Waals surface area contributed by atoms with E-state index in [1.807, 2.05) is 0 Å². The van der Waals surface area contributed by atoms with E-state index in [-0.39, 0.29) is 37.6 Å². The normalized spacial score (nSPS) is 23.2. The first-order chi connectivity index (χ1) is 17.8. The average Bonchev–Trinajstić information content (AvgIpc) is 3.42. The largest absolute Gasteiger partial charge is 0.479 e. The molecule has 1 saturated heterocycles. The summed E-state index contributed by atoms with van der Waals surface area (Å²) in [6.07, 6.45) is -8.13. The number of rotatable bonds is 7. The van der Waals surface area contributed by atoms with Crippen LogP contribution in [0, 0.1) is 0 Å². The van der Waals surface area contributed by atoms with E-state index in [1.165, 1.54) is 24.1 Å². The monoisotopic (exact) mass is 542 g/mol. The zero-order chi connectivity index (χ0) is 27.8. The molecule has 38 heavy (non-hydrogen) atoms. The molecular weight excluding hydrogens is 518 g/mol. The van der Waals surface area contributed by atoms with Gasteiger partial charge in [0.1, 0.15) is 12.7 Å². The number of carboxylic acids is 1. The van der Waals surface area contributed by atoms with E-state index < -0.39 is 46.6 Å². The van der Waals surface area contributed by atoms with Gasteiger partial charge < -0.3 is 19.7 Å². The minimum atomic E-state index is -4.98. The molecule has 2 N–H and O–H groups in total. The van der Waals surface area contributed by atoms with Crippen molar-refractivity contribution in [2.75, 3.05) is 13.2 Å². The zero-order valence-electron chi connectivity index (χ0n) is 20.1. The van der Waals surface area contributed by atoms with Gasteiger partial charge in [-0.2, -0.15) is 26.3 Å². The lowest BCUT2D eigenvalue weighted by Gasteiger charge is -2.46. The predicted molar refractivity (Wildman–Crippen MR) is 122 cm³/mol. The number of halogens is 6. The second-order valence-corrected chi connectivity index (χ2v) is 9.30. The number of carbonyl (C=O) groups is 1. The summed E-state index contributed by atoms with van der Waals surface area (Å²) in [6, 6.07) is 10.3. The summed E-state index contributed by atoms with van der Waals surface area (Å²) in [7, 11) is 0. The Morgan fingerprint density at radius 3 is 2.08 bits per heavy atom. The van der Waals surface area contributed by atoms with Crippen LogP contribution in [-0.2, 0) is 33.0 Å². The summed E-state index contributed by atoms with van der Waals surface area (Å²) < 4.78 is 87.3. The maximum Gasteiger partial charge on any atom is 0.416 e. The quantitative estimate of drug-likeness (QED) is 0.402. The topological polar surface area (TPSA) is 89.3 Å². The van der Waals surface area contributed by atoms with Crippen LogP contribution in [-0.4, -0.2) is 39.0 Å². The molecule has 3 atom stereocenters. The molecule has 1 aromatic heterocycles. The molecule has 13 heteroatoms. The highest BCUT2D eigenvalue weighted by atomic mass is 19.4. The third-order valence-corrected chi connectivity index (χ3v) is 6.98. The summed E-state index contributed by atoms with van der Waals surface area (Å²) in [6.45, 7) is 1.16. The number of hydrogen-bond acceptors (Lipinski definition) is 5. The molecule has 1 aliphatic rings. The van der Waals surface area contributed by atoms with E-state index >= 15 is 0 Å². The number of hydrogen-bond donors (Lipinski definition) is 2. The minimum absolute atomic E-state index is 0.0607. The third-order valence-electron chi connectivity index (χ3n) is 6.98. The molecule has 7 nitrogen and oxygen atoms in total. The molecule has 0 amide bonds. The van der Waals surface area contributed by atoms with Crippen LogP contribution in [0.5, 0.6) is 0 Å². The number of piperidine rings is 1. The van der Waals surface area contributed by atoms with Crippen LogP contribution in [0.4, 0.5) is 26.3 Å². The van der Waals surface area contributed by atoms with E-state index in [0.717, 1.165) is 5.56 Å². The van der Waals surface area contributed by atoms with Crippen molar-refractivity contribution in [2.45, 2.75) is 49.3 Å². The van der Waals surface area contributed by atoms with Crippen molar-refractivity contribution in [3.63, 3.8) is 0 Å². The number of aromatic nitrogens is 3. The van der Waals surface area contributed by atoms with Crippen LogP contribution in [0.15, 0.2) is 61.2 Å². The van der Waals surface area contributed by atoms with Crippen molar-refractivity contribution in [1.82, 2.24) is 20.1 Å². The molecule has 3 aromatic rings. The Hall–Kier alpha value is -3.45. The number of ether oxygens (including phenoxy) is 1. The molecule has 0 spiro atoms. The standard InChI is InChI=1S/C25H24F6N4O3/c1-16(17-9-19(24(26,27)28)11-20(10-17)25(29,30)31)38-13-22(18-5-3-2-4-6-18)7-8-23(12-32-22,21(36)37)35-14-33-34-15-35/h2-6,9-11,14-16,32H,7-8,12-13H2,1H3,(H,36,37)/t16-,22-,23-/m1/s1. The molecule has 2 heterocycles. The molecule has 4 rings (SSSR count). The molecule has 1 fully saturated rings. The molecular formula is C25H24F6N4O3. The SMILES string of the molecule is C[C@@H](OC[C@@]1(c2ccccc2)CC[C@@](C(=O)O)(n2cnnc2)CN1)c1cc(C(F)(F)F)cc(C(F)(F)F)c1. The summed E-state index contributed by atoms with van der Waals surface area (Å²) >= 11 is 0. The highest BCUT2D eigenvalue weighted by Gasteiger charge is 2.49. The maximum absolute atomic E-state index is 13.3. The predicted octanol–water partition coefficient (Wildman–Crippen LogP) is 5.15. The van der Waals surface area contributed by atoms with Gasteiger partial charge in [0, 0.05) is 6.54 Å². The summed E-state index contributed by atoms with van der Waals surface area (Å²) in [5, 5.41) is 20.7. The van der Waals surface area contributed by atoms with Crippen LogP contribution in [0.2, 0.25) is 0 Å². The molecule has 204 valence electrons. The third kappa shape index (κ3) is 5.39. The minimum Gasteiger partial charge on any atom is -0.479 e. The number of nitrogens with zero attached hydrogens (tertiary/aromatic N) is 3. The molecule has 0 aliphatic carbocycles. The number of nitrogens with one attached hydrogen (secondary N) is 1. The summed E-state index contributed by atoms with van der Waals surface area (Å²) in [4.78, 5) is 12.3. The number of aliphatic carboxylic acids is 1. The highest BCUT2D eigenvalue weighted by Crippen LogP contribution is 2.41. The molecule has 0 radical (unpaired) electrons. The Morgan fingerprint density at radius 1 is 1.03 bits per heavy atom. The Morgan fingerprint density at radius 2 is 1.61 bits per heavy atom. The van der Waals surface area contributed by atoms with E-state index in [2.05, 4.69) is 15.5 Å². The average molecular weight is 542 g/mol. The number of carboxylic acid groups (broad SMARTS) is 1. The Bertz CT molecular complexity index is 1220. The van der Waals surface area contributed by atoms with Crippen LogP contribution in [0.1, 0.15) is 48.1 Å². The number of alkyl halides is 6. The van der Waals surface area contributed by atoms with Crippen LogP contribution in [0.3, 0.4) is 0 Å². The second-order valence-electron chi connectivity index (χ2n) is 9.30. The van der Waals surface area contributed by atoms with Gasteiger partial charge >= 0.3 is 18.3 Å². The van der Waals surface area contributed by atoms with E-state index in [1.54, 1.807) is 30.3 Å². The van der Waals surface area contributed by atoms with Crippen molar-refractivity contribution in [3.8, 4) is 0 Å². The molecule has 0 unspecified atom stereocenters. The van der Waals surface area contributed by atoms with E-state index in [4.69, 9.17) is 4.74 Å². The summed E-state index contributed by atoms with van der Waals surface area (Å²) in [5.74, 6) is -1.11. The van der Waals surface area contributed by atoms with Crippen molar-refractivity contribution >= 4 is 5.97 Å². The molecule has 0 bridgehead atoms. The van der Waals surface area contributed by atoms with Gasteiger partial charge in [-0.15, -0.1) is 10.2 Å². The Labute approximate surface area is 213 Å². The first kappa shape index (κ1) is 27.6. The van der Waals surface area contributed by atoms with Gasteiger partial charge in [-0.3, -0.25) is 0 Å². The van der Waals surface area contributed by atoms with Crippen molar-refractivity contribution in [3.05, 3.63) is 83.4 Å². The van der Waals surface area contributed by atoms with Crippen LogP contribution >= 0.6 is 0 Å². The van der Waals surface area contributed by atoms with Gasteiger partial charge in [-0.1, -0.05) is 30.3 Å². The van der Waals surface area contributed by atoms with Crippen molar-refractivity contribution in [2.24, 2.45) is 0 Å². The molecule has 0 saturated carbocycles. The van der Waals surface area contributed by atoms with Gasteiger partial charge in [-0.05, 0) is 49.1 Å². The smallest absolute Gasteiger partial charge is 0.416 e. The summed E-state index contributed by atoms with van der Waals surface area (Å²) in [5.41, 5.74) is -4.75. The Balaban J connectivity index is 1.62. The lowest BCUT2D eigenvalue weighted by Crippen LogP contribution is -2.61. The fraction of sp³-hybridized carbons (Fsp3) is 0.400. The lowest BCUT2D eigenvalue weighted by molar-refractivity contribution is -0.150. The first-order valence-corrected chi connectivity index (χ1v) is 11.6. The van der Waals surface area contributed by atoms with Crippen molar-refractivity contribution in [1.29, 1.82) is 0 Å². The highest BCUT2D eigenvalue weighted by molar-refractivity contribution is 5.77. The van der Waals surface area contributed by atoms with Crippen LogP contribution in [0.25, 0.3) is 0 Å². The van der Waals surface area contributed by atoms with Crippen LogP contribution < -0.4 is 5.32 Å². The molecule has 1 aliphatic heterocycles. The van der Waals surface area contributed by atoms with E-state index in [9.17, 15) is 36.2 Å². The Kier molecular flexibility index (Phi) is 7.28. The lowest BCUT2D eigenvalue weighted by atomic mass is 9.76. The van der Waals surface area contributed by atoms with Gasteiger partial charge in [-0.25, -0.2) is 4.79 Å². The van der Waals surface area contributed by atoms with Gasteiger partial charge in [0.2, 0.25) is 0 Å². The van der Waals surface area contributed by atoms with Gasteiger partial charge in [0.25, 0.3) is 0 Å². The first-order valence-electron chi connectivity index (χ1n) is 11.6. The second kappa shape index (κ2) is 10.0. The van der Waals surface area contributed by atoms with E-state index in [0.29, 0.717) is 12.1 Å². The van der Waals surface area contributed by atoms with Gasteiger partial charge in [0.15, 0.2) is 5.54 Å². The number of benzene rings is 2. The van der Waals surface area contributed by atoms with Gasteiger partial charge in [0.05, 0.1) is 29.4 Å². The fourth-order valence-corrected chi connectivity index (χ4v) is 4.63. The van der Waals surface area contributed by atoms with Crippen molar-refractivity contribution < 1.29 is 41.0 Å². The molecule has 2 aromatic carbocycles. The maximum atomic E-state index is 13.3. The fourth-order valence-electron chi connectivity index (χ4n) is 4.63.